The fourth-order valence-corrected chi connectivity index (χ4v) is 1.80. The highest BCUT2D eigenvalue weighted by Gasteiger charge is 2.24. The lowest BCUT2D eigenvalue weighted by Crippen LogP contribution is -2.61. The van der Waals surface area contributed by atoms with Crippen molar-refractivity contribution in [1.82, 2.24) is 15.6 Å². The Kier molecular flexibility index (Phi) is 6.07. The second-order valence-corrected chi connectivity index (χ2v) is 3.65. The summed E-state index contributed by atoms with van der Waals surface area (Å²) in [6, 6.07) is 0.261. The summed E-state index contributed by atoms with van der Waals surface area (Å²) >= 11 is 0. The molecule has 4 N–H and O–H groups in total. The van der Waals surface area contributed by atoms with Gasteiger partial charge in [-0.3, -0.25) is 0 Å². The van der Waals surface area contributed by atoms with Crippen molar-refractivity contribution in [2.24, 2.45) is 0 Å². The number of hydrazine groups is 2. The summed E-state index contributed by atoms with van der Waals surface area (Å²) in [5.41, 5.74) is 3.22. The average molecular weight is 219 g/mol. The largest absolute Gasteiger partial charge is 0.396 e. The fraction of sp³-hybridized carbons (Fsp3) is 1.00. The molecule has 0 aromatic carbocycles. The minimum Gasteiger partial charge on any atom is -0.396 e. The standard InChI is InChI=1S/C9H21N3O3/c13-6-2-9-1-3-11(4-7-14)12(10-9)5-8-15/h9-10,13-15H,1-8H2. The van der Waals surface area contributed by atoms with Gasteiger partial charge in [0.25, 0.3) is 0 Å². The quantitative estimate of drug-likeness (QED) is 0.420. The van der Waals surface area contributed by atoms with E-state index in [0.29, 0.717) is 13.1 Å². The van der Waals surface area contributed by atoms with Crippen LogP contribution < -0.4 is 5.43 Å². The lowest BCUT2D eigenvalue weighted by molar-refractivity contribution is -0.124. The van der Waals surface area contributed by atoms with Crippen molar-refractivity contribution >= 4 is 0 Å². The van der Waals surface area contributed by atoms with Crippen LogP contribution in [0.4, 0.5) is 0 Å². The second kappa shape index (κ2) is 7.10. The van der Waals surface area contributed by atoms with E-state index in [9.17, 15) is 0 Å². The number of aliphatic hydroxyl groups is 3. The van der Waals surface area contributed by atoms with Gasteiger partial charge in [-0.15, -0.1) is 0 Å². The minimum absolute atomic E-state index is 0.0702. The number of rotatable bonds is 6. The molecule has 1 saturated heterocycles. The molecular weight excluding hydrogens is 198 g/mol. The molecule has 0 radical (unpaired) electrons. The van der Waals surface area contributed by atoms with Crippen LogP contribution in [0.2, 0.25) is 0 Å². The van der Waals surface area contributed by atoms with Crippen molar-refractivity contribution in [2.75, 3.05) is 39.5 Å². The maximum Gasteiger partial charge on any atom is 0.0587 e. The van der Waals surface area contributed by atoms with Crippen LogP contribution in [0, 0.1) is 0 Å². The van der Waals surface area contributed by atoms with E-state index in [0.717, 1.165) is 19.4 Å². The summed E-state index contributed by atoms with van der Waals surface area (Å²) in [6.07, 6.45) is 1.66. The van der Waals surface area contributed by atoms with Gasteiger partial charge < -0.3 is 15.3 Å². The predicted octanol–water partition coefficient (Wildman–Crippen LogP) is -1.85. The van der Waals surface area contributed by atoms with E-state index < -0.39 is 0 Å². The molecular formula is C9H21N3O3. The third kappa shape index (κ3) is 4.02. The molecule has 0 saturated carbocycles. The Morgan fingerprint density at radius 3 is 2.40 bits per heavy atom. The van der Waals surface area contributed by atoms with Crippen LogP contribution in [-0.4, -0.2) is 70.9 Å². The van der Waals surface area contributed by atoms with Gasteiger partial charge in [0.2, 0.25) is 0 Å². The van der Waals surface area contributed by atoms with E-state index in [2.05, 4.69) is 5.43 Å². The van der Waals surface area contributed by atoms with E-state index in [1.54, 1.807) is 0 Å². The number of hydrogen-bond acceptors (Lipinski definition) is 6. The van der Waals surface area contributed by atoms with E-state index in [-0.39, 0.29) is 25.9 Å². The molecule has 90 valence electrons. The SMILES string of the molecule is OCCC1CCN(CCO)N(CCO)N1. The molecule has 1 fully saturated rings. The predicted molar refractivity (Wildman–Crippen MR) is 55.7 cm³/mol. The first-order valence-electron chi connectivity index (χ1n) is 5.43. The zero-order valence-electron chi connectivity index (χ0n) is 8.97. The normalized spacial score (nSPS) is 24.6. The summed E-state index contributed by atoms with van der Waals surface area (Å²) in [6.45, 7) is 2.26. The molecule has 0 spiro atoms. The van der Waals surface area contributed by atoms with Crippen molar-refractivity contribution in [1.29, 1.82) is 0 Å². The third-order valence-corrected chi connectivity index (χ3v) is 2.56. The van der Waals surface area contributed by atoms with Gasteiger partial charge >= 0.3 is 0 Å². The van der Waals surface area contributed by atoms with Crippen molar-refractivity contribution in [3.05, 3.63) is 0 Å². The Labute approximate surface area is 90.0 Å². The summed E-state index contributed by atoms with van der Waals surface area (Å²) < 4.78 is 0. The number of nitrogens with one attached hydrogen (secondary N) is 1. The topological polar surface area (TPSA) is 79.2 Å². The lowest BCUT2D eigenvalue weighted by atomic mass is 10.1. The van der Waals surface area contributed by atoms with Gasteiger partial charge in [0.15, 0.2) is 0 Å². The van der Waals surface area contributed by atoms with Gasteiger partial charge in [0.05, 0.1) is 19.8 Å². The molecule has 1 aliphatic heterocycles. The summed E-state index contributed by atoms with van der Waals surface area (Å²) in [7, 11) is 0. The fourth-order valence-electron chi connectivity index (χ4n) is 1.80. The molecule has 1 heterocycles. The van der Waals surface area contributed by atoms with Crippen molar-refractivity contribution in [3.63, 3.8) is 0 Å². The molecule has 0 aliphatic carbocycles. The molecule has 1 rings (SSSR count). The molecule has 0 amide bonds. The Bertz CT molecular complexity index is 171. The highest BCUT2D eigenvalue weighted by atomic mass is 16.3. The Morgan fingerprint density at radius 2 is 1.80 bits per heavy atom. The molecule has 0 aromatic heterocycles. The van der Waals surface area contributed by atoms with Crippen LogP contribution in [0.25, 0.3) is 0 Å². The van der Waals surface area contributed by atoms with Crippen LogP contribution in [0.1, 0.15) is 12.8 Å². The molecule has 0 bridgehead atoms. The third-order valence-electron chi connectivity index (χ3n) is 2.56. The van der Waals surface area contributed by atoms with Crippen molar-refractivity contribution in [2.45, 2.75) is 18.9 Å². The van der Waals surface area contributed by atoms with Crippen LogP contribution in [0.3, 0.4) is 0 Å². The van der Waals surface area contributed by atoms with Crippen LogP contribution in [0.5, 0.6) is 0 Å². The van der Waals surface area contributed by atoms with Gasteiger partial charge in [-0.25, -0.2) is 10.4 Å². The van der Waals surface area contributed by atoms with Gasteiger partial charge in [0.1, 0.15) is 0 Å². The Morgan fingerprint density at radius 1 is 1.07 bits per heavy atom. The first-order chi connectivity index (χ1) is 7.31. The smallest absolute Gasteiger partial charge is 0.0587 e. The average Bonchev–Trinajstić information content (AvgIpc) is 2.23. The molecule has 0 aromatic rings. The minimum atomic E-state index is 0.0702. The van der Waals surface area contributed by atoms with E-state index in [1.165, 1.54) is 0 Å². The molecule has 1 aliphatic rings. The maximum absolute atomic E-state index is 8.90. The van der Waals surface area contributed by atoms with E-state index in [1.807, 2.05) is 10.1 Å². The van der Waals surface area contributed by atoms with Gasteiger partial charge in [0, 0.05) is 25.7 Å². The number of β-amino-alcohol motifs (C(OH)–C–C–N with tert-alkyl or cyclic N) is 2. The monoisotopic (exact) mass is 219 g/mol. The van der Waals surface area contributed by atoms with Gasteiger partial charge in [-0.05, 0) is 12.8 Å². The highest BCUT2D eigenvalue weighted by molar-refractivity contribution is 4.72. The first-order valence-corrected chi connectivity index (χ1v) is 5.43. The zero-order chi connectivity index (χ0) is 11.1. The number of aliphatic hydroxyl groups excluding tert-OH is 3. The first kappa shape index (κ1) is 12.8. The molecule has 15 heavy (non-hydrogen) atoms. The molecule has 1 atom stereocenters. The van der Waals surface area contributed by atoms with E-state index >= 15 is 0 Å². The Balaban J connectivity index is 2.41. The lowest BCUT2D eigenvalue weighted by Gasteiger charge is -2.42. The summed E-state index contributed by atoms with van der Waals surface area (Å²) in [5, 5.41) is 30.4. The van der Waals surface area contributed by atoms with Crippen LogP contribution in [-0.2, 0) is 0 Å². The van der Waals surface area contributed by atoms with Gasteiger partial charge in [-0.2, -0.15) is 5.12 Å². The van der Waals surface area contributed by atoms with Crippen molar-refractivity contribution < 1.29 is 15.3 Å². The molecule has 6 heteroatoms. The van der Waals surface area contributed by atoms with E-state index in [4.69, 9.17) is 15.3 Å². The van der Waals surface area contributed by atoms with Crippen molar-refractivity contribution in [3.8, 4) is 0 Å². The van der Waals surface area contributed by atoms with Crippen LogP contribution in [0.15, 0.2) is 0 Å². The summed E-state index contributed by atoms with van der Waals surface area (Å²) in [4.78, 5) is 0. The number of hydrogen-bond donors (Lipinski definition) is 4. The van der Waals surface area contributed by atoms with Gasteiger partial charge in [-0.1, -0.05) is 0 Å². The second-order valence-electron chi connectivity index (χ2n) is 3.65. The highest BCUT2D eigenvalue weighted by Crippen LogP contribution is 2.10. The maximum atomic E-state index is 8.90. The molecule has 6 nitrogen and oxygen atoms in total. The van der Waals surface area contributed by atoms with Crippen LogP contribution >= 0.6 is 0 Å². The zero-order valence-corrected chi connectivity index (χ0v) is 8.97. The summed E-state index contributed by atoms with van der Waals surface area (Å²) in [5.74, 6) is 0. The molecule has 1 unspecified atom stereocenters. The number of nitrogens with zero attached hydrogens (tertiary/aromatic N) is 2. The Hall–Kier alpha value is -0.240.